The molecule has 1 heterocycles. The maximum atomic E-state index is 10.7. The normalized spacial score (nSPS) is 17.1. The van der Waals surface area contributed by atoms with Crippen LogP contribution in [0.15, 0.2) is 18.2 Å². The molecule has 0 saturated carbocycles. The molecule has 0 radical (unpaired) electrons. The molecule has 0 aliphatic carbocycles. The Morgan fingerprint density at radius 1 is 1.31 bits per heavy atom. The molecule has 1 aliphatic heterocycles. The molecule has 2 rings (SSSR count). The number of nitrogens with zero attached hydrogens (tertiary/aromatic N) is 1. The number of carboxylic acid groups (broad SMARTS) is 1. The number of likely N-dealkylation sites (tertiary alicyclic amines) is 1. The SMILES string of the molecule is Cc1cc(C)cc(CN2CC(C(=O)O)C2)c1. The first-order valence-corrected chi connectivity index (χ1v) is 5.57. The number of carbonyl (C=O) groups is 1. The van der Waals surface area contributed by atoms with Crippen LogP contribution in [0.4, 0.5) is 0 Å². The third kappa shape index (κ3) is 2.42. The molecule has 0 unspecified atom stereocenters. The van der Waals surface area contributed by atoms with Crippen molar-refractivity contribution in [3.8, 4) is 0 Å². The molecule has 1 fully saturated rings. The van der Waals surface area contributed by atoms with Crippen LogP contribution in [-0.2, 0) is 11.3 Å². The highest BCUT2D eigenvalue weighted by Crippen LogP contribution is 2.19. The van der Waals surface area contributed by atoms with Gasteiger partial charge in [-0.15, -0.1) is 0 Å². The second-order valence-corrected chi connectivity index (χ2v) is 4.73. The van der Waals surface area contributed by atoms with E-state index in [4.69, 9.17) is 5.11 Å². The molecule has 3 heteroatoms. The van der Waals surface area contributed by atoms with E-state index >= 15 is 0 Å². The van der Waals surface area contributed by atoms with Gasteiger partial charge in [-0.1, -0.05) is 29.3 Å². The second kappa shape index (κ2) is 4.26. The summed E-state index contributed by atoms with van der Waals surface area (Å²) in [5.74, 6) is -0.831. The fraction of sp³-hybridized carbons (Fsp3) is 0.462. The minimum Gasteiger partial charge on any atom is -0.481 e. The van der Waals surface area contributed by atoms with Crippen LogP contribution in [0, 0.1) is 19.8 Å². The van der Waals surface area contributed by atoms with Crippen LogP contribution in [0.1, 0.15) is 16.7 Å². The lowest BCUT2D eigenvalue weighted by molar-refractivity contribution is -0.147. The minimum atomic E-state index is -0.670. The van der Waals surface area contributed by atoms with Crippen molar-refractivity contribution in [2.45, 2.75) is 20.4 Å². The first kappa shape index (κ1) is 11.1. The van der Waals surface area contributed by atoms with Crippen LogP contribution >= 0.6 is 0 Å². The van der Waals surface area contributed by atoms with Gasteiger partial charge in [0.2, 0.25) is 0 Å². The summed E-state index contributed by atoms with van der Waals surface area (Å²) in [7, 11) is 0. The predicted octanol–water partition coefficient (Wildman–Crippen LogP) is 1.82. The number of carboxylic acids is 1. The van der Waals surface area contributed by atoms with Gasteiger partial charge in [0.15, 0.2) is 0 Å². The molecule has 16 heavy (non-hydrogen) atoms. The molecule has 86 valence electrons. The Hall–Kier alpha value is -1.35. The second-order valence-electron chi connectivity index (χ2n) is 4.73. The van der Waals surface area contributed by atoms with Gasteiger partial charge >= 0.3 is 5.97 Å². The van der Waals surface area contributed by atoms with Gasteiger partial charge in [-0.2, -0.15) is 0 Å². The summed E-state index contributed by atoms with van der Waals surface area (Å²) < 4.78 is 0. The monoisotopic (exact) mass is 219 g/mol. The third-order valence-electron chi connectivity index (χ3n) is 2.99. The van der Waals surface area contributed by atoms with Crippen LogP contribution in [-0.4, -0.2) is 29.1 Å². The molecule has 1 saturated heterocycles. The zero-order valence-electron chi connectivity index (χ0n) is 9.73. The maximum absolute atomic E-state index is 10.7. The van der Waals surface area contributed by atoms with Crippen LogP contribution in [0.2, 0.25) is 0 Å². The van der Waals surface area contributed by atoms with E-state index in [-0.39, 0.29) is 5.92 Å². The largest absolute Gasteiger partial charge is 0.481 e. The van der Waals surface area contributed by atoms with Crippen molar-refractivity contribution < 1.29 is 9.90 Å². The van der Waals surface area contributed by atoms with Gasteiger partial charge in [-0.05, 0) is 19.4 Å². The Labute approximate surface area is 95.7 Å². The molecule has 0 spiro atoms. The highest BCUT2D eigenvalue weighted by atomic mass is 16.4. The number of aryl methyl sites for hydroxylation is 2. The Balaban J connectivity index is 1.94. The first-order valence-electron chi connectivity index (χ1n) is 5.57. The Morgan fingerprint density at radius 2 is 1.88 bits per heavy atom. The van der Waals surface area contributed by atoms with Crippen LogP contribution in [0.3, 0.4) is 0 Å². The van der Waals surface area contributed by atoms with E-state index in [1.165, 1.54) is 16.7 Å². The van der Waals surface area contributed by atoms with Gasteiger partial charge in [0.1, 0.15) is 0 Å². The van der Waals surface area contributed by atoms with E-state index in [0.29, 0.717) is 13.1 Å². The summed E-state index contributed by atoms with van der Waals surface area (Å²) in [6.07, 6.45) is 0. The number of aliphatic carboxylic acids is 1. The van der Waals surface area contributed by atoms with Crippen molar-refractivity contribution >= 4 is 5.97 Å². The first-order chi connectivity index (χ1) is 7.54. The molecule has 3 nitrogen and oxygen atoms in total. The van der Waals surface area contributed by atoms with Crippen molar-refractivity contribution in [2.24, 2.45) is 5.92 Å². The fourth-order valence-electron chi connectivity index (χ4n) is 2.27. The Morgan fingerprint density at radius 3 is 2.38 bits per heavy atom. The van der Waals surface area contributed by atoms with Gasteiger partial charge in [-0.25, -0.2) is 0 Å². The van der Waals surface area contributed by atoms with Crippen LogP contribution in [0.25, 0.3) is 0 Å². The van der Waals surface area contributed by atoms with Crippen molar-refractivity contribution in [3.05, 3.63) is 34.9 Å². The summed E-state index contributed by atoms with van der Waals surface area (Å²) in [4.78, 5) is 12.8. The van der Waals surface area contributed by atoms with Crippen LogP contribution < -0.4 is 0 Å². The summed E-state index contributed by atoms with van der Waals surface area (Å²) in [6, 6.07) is 6.49. The molecule has 1 N–H and O–H groups in total. The van der Waals surface area contributed by atoms with E-state index in [9.17, 15) is 4.79 Å². The summed E-state index contributed by atoms with van der Waals surface area (Å²) in [5, 5.41) is 8.78. The zero-order valence-corrected chi connectivity index (χ0v) is 9.73. The lowest BCUT2D eigenvalue weighted by Crippen LogP contribution is -2.49. The molecule has 1 aromatic rings. The molecule has 0 aromatic heterocycles. The van der Waals surface area contributed by atoms with Crippen molar-refractivity contribution in [1.82, 2.24) is 4.90 Å². The fourth-order valence-corrected chi connectivity index (χ4v) is 2.27. The van der Waals surface area contributed by atoms with Crippen molar-refractivity contribution in [3.63, 3.8) is 0 Å². The van der Waals surface area contributed by atoms with Crippen LogP contribution in [0.5, 0.6) is 0 Å². The third-order valence-corrected chi connectivity index (χ3v) is 2.99. The standard InChI is InChI=1S/C13H17NO2/c1-9-3-10(2)5-11(4-9)6-14-7-12(8-14)13(15)16/h3-5,12H,6-8H2,1-2H3,(H,15,16). The topological polar surface area (TPSA) is 40.5 Å². The zero-order chi connectivity index (χ0) is 11.7. The van der Waals surface area contributed by atoms with E-state index in [1.807, 2.05) is 0 Å². The molecule has 1 aromatic carbocycles. The summed E-state index contributed by atoms with van der Waals surface area (Å²) in [5.41, 5.74) is 3.82. The van der Waals surface area contributed by atoms with E-state index < -0.39 is 5.97 Å². The lowest BCUT2D eigenvalue weighted by Gasteiger charge is -2.36. The quantitative estimate of drug-likeness (QED) is 0.843. The average molecular weight is 219 g/mol. The smallest absolute Gasteiger partial charge is 0.309 e. The summed E-state index contributed by atoms with van der Waals surface area (Å²) >= 11 is 0. The molecule has 0 bridgehead atoms. The van der Waals surface area contributed by atoms with Crippen molar-refractivity contribution in [1.29, 1.82) is 0 Å². The minimum absolute atomic E-state index is 0.161. The Kier molecular flexibility index (Phi) is 2.97. The number of hydrogen-bond donors (Lipinski definition) is 1. The average Bonchev–Trinajstić information content (AvgIpc) is 2.08. The summed E-state index contributed by atoms with van der Waals surface area (Å²) in [6.45, 7) is 6.41. The number of benzene rings is 1. The van der Waals surface area contributed by atoms with E-state index in [1.54, 1.807) is 0 Å². The highest BCUT2D eigenvalue weighted by Gasteiger charge is 2.32. The number of rotatable bonds is 3. The van der Waals surface area contributed by atoms with Gasteiger partial charge in [0.25, 0.3) is 0 Å². The van der Waals surface area contributed by atoms with Gasteiger partial charge in [0, 0.05) is 19.6 Å². The Bertz CT molecular complexity index is 388. The van der Waals surface area contributed by atoms with Gasteiger partial charge < -0.3 is 5.11 Å². The van der Waals surface area contributed by atoms with Gasteiger partial charge in [0.05, 0.1) is 5.92 Å². The molecule has 1 aliphatic rings. The lowest BCUT2D eigenvalue weighted by atomic mass is 9.99. The van der Waals surface area contributed by atoms with Gasteiger partial charge in [-0.3, -0.25) is 9.69 Å². The van der Waals surface area contributed by atoms with E-state index in [2.05, 4.69) is 36.9 Å². The highest BCUT2D eigenvalue weighted by molar-refractivity contribution is 5.71. The predicted molar refractivity (Wildman–Crippen MR) is 62.3 cm³/mol. The molecule has 0 atom stereocenters. The molecular formula is C13H17NO2. The molecule has 0 amide bonds. The van der Waals surface area contributed by atoms with Crippen molar-refractivity contribution in [2.75, 3.05) is 13.1 Å². The maximum Gasteiger partial charge on any atom is 0.309 e. The number of hydrogen-bond acceptors (Lipinski definition) is 2. The van der Waals surface area contributed by atoms with E-state index in [0.717, 1.165) is 6.54 Å². The molecular weight excluding hydrogens is 202 g/mol.